The molecule has 0 radical (unpaired) electrons. The van der Waals surface area contributed by atoms with Gasteiger partial charge >= 0.3 is 0 Å². The highest BCUT2D eigenvalue weighted by molar-refractivity contribution is 9.11. The molecule has 0 bridgehead atoms. The van der Waals surface area contributed by atoms with Crippen LogP contribution in [0.2, 0.25) is 0 Å². The predicted octanol–water partition coefficient (Wildman–Crippen LogP) is 3.20. The zero-order valence-electron chi connectivity index (χ0n) is 7.63. The summed E-state index contributed by atoms with van der Waals surface area (Å²) in [7, 11) is 0. The van der Waals surface area contributed by atoms with Gasteiger partial charge in [-0.05, 0) is 68.3 Å². The second-order valence-corrected chi connectivity index (χ2v) is 5.47. The van der Waals surface area contributed by atoms with Crippen LogP contribution in [0.25, 0.3) is 0 Å². The van der Waals surface area contributed by atoms with E-state index in [2.05, 4.69) is 31.9 Å². The fraction of sp³-hybridized carbons (Fsp3) is 0.400. The van der Waals surface area contributed by atoms with E-state index >= 15 is 0 Å². The van der Waals surface area contributed by atoms with E-state index in [1.165, 1.54) is 12.8 Å². The van der Waals surface area contributed by atoms with Gasteiger partial charge in [0.2, 0.25) is 0 Å². The van der Waals surface area contributed by atoms with Crippen molar-refractivity contribution in [3.63, 3.8) is 0 Å². The Hall–Kier alpha value is -0.0600. The molecule has 0 aliphatic heterocycles. The summed E-state index contributed by atoms with van der Waals surface area (Å²) in [5.74, 6) is 0.664. The topological polar surface area (TPSA) is 52.0 Å². The highest BCUT2D eigenvalue weighted by atomic mass is 79.9. The first-order valence-corrected chi connectivity index (χ1v) is 6.18. The third-order valence-electron chi connectivity index (χ3n) is 2.62. The third kappa shape index (κ3) is 1.97. The molecule has 1 fully saturated rings. The van der Waals surface area contributed by atoms with Crippen LogP contribution in [0, 0.1) is 5.92 Å². The molecule has 0 spiro atoms. The van der Waals surface area contributed by atoms with E-state index in [1.807, 2.05) is 12.1 Å². The molecular weight excluding hydrogens is 308 g/mol. The maximum atomic E-state index is 6.11. The van der Waals surface area contributed by atoms with Gasteiger partial charge in [-0.1, -0.05) is 0 Å². The number of nitrogen functional groups attached to an aromatic ring is 1. The average Bonchev–Trinajstić information content (AvgIpc) is 2.95. The zero-order chi connectivity index (χ0) is 10.3. The second-order valence-electron chi connectivity index (χ2n) is 3.76. The summed E-state index contributed by atoms with van der Waals surface area (Å²) in [6.45, 7) is 0. The van der Waals surface area contributed by atoms with E-state index in [4.69, 9.17) is 11.5 Å². The summed E-state index contributed by atoms with van der Waals surface area (Å²) in [6.07, 6.45) is 2.50. The molecular formula is C10H12Br2N2. The number of benzene rings is 1. The summed E-state index contributed by atoms with van der Waals surface area (Å²) in [5.41, 5.74) is 13.8. The summed E-state index contributed by atoms with van der Waals surface area (Å²) < 4.78 is 1.83. The van der Waals surface area contributed by atoms with Crippen LogP contribution in [0.4, 0.5) is 5.69 Å². The standard InChI is InChI=1S/C10H12Br2N2/c11-7-3-6(4-8(12)10(7)14)9(13)5-1-2-5/h3-5,9H,1-2,13-14H2/t9-/m1/s1. The molecule has 76 valence electrons. The fourth-order valence-corrected chi connectivity index (χ4v) is 2.75. The molecule has 1 saturated carbocycles. The molecule has 1 aliphatic rings. The molecule has 1 aromatic carbocycles. The van der Waals surface area contributed by atoms with E-state index in [9.17, 15) is 0 Å². The molecule has 1 aliphatic carbocycles. The smallest absolute Gasteiger partial charge is 0.0603 e. The molecule has 2 nitrogen and oxygen atoms in total. The van der Waals surface area contributed by atoms with Crippen molar-refractivity contribution < 1.29 is 0 Å². The summed E-state index contributed by atoms with van der Waals surface area (Å²) >= 11 is 6.85. The largest absolute Gasteiger partial charge is 0.397 e. The zero-order valence-corrected chi connectivity index (χ0v) is 10.8. The summed E-state index contributed by atoms with van der Waals surface area (Å²) in [4.78, 5) is 0. The SMILES string of the molecule is Nc1c(Br)cc([C@H](N)C2CC2)cc1Br. The van der Waals surface area contributed by atoms with Crippen molar-refractivity contribution in [2.24, 2.45) is 11.7 Å². The lowest BCUT2D eigenvalue weighted by molar-refractivity contribution is 0.633. The average molecular weight is 320 g/mol. The van der Waals surface area contributed by atoms with Crippen LogP contribution in [0.15, 0.2) is 21.1 Å². The fourth-order valence-electron chi connectivity index (χ4n) is 1.52. The summed E-state index contributed by atoms with van der Waals surface area (Å²) in [5, 5.41) is 0. The summed E-state index contributed by atoms with van der Waals surface area (Å²) in [6, 6.07) is 4.19. The maximum absolute atomic E-state index is 6.11. The highest BCUT2D eigenvalue weighted by Crippen LogP contribution is 2.41. The number of hydrogen-bond donors (Lipinski definition) is 2. The molecule has 1 atom stereocenters. The Morgan fingerprint density at radius 1 is 1.21 bits per heavy atom. The van der Waals surface area contributed by atoms with Crippen molar-refractivity contribution in [2.45, 2.75) is 18.9 Å². The van der Waals surface area contributed by atoms with Crippen LogP contribution in [-0.4, -0.2) is 0 Å². The lowest BCUT2D eigenvalue weighted by atomic mass is 10.0. The number of hydrogen-bond acceptors (Lipinski definition) is 2. The lowest BCUT2D eigenvalue weighted by Crippen LogP contribution is -2.12. The first kappa shape index (κ1) is 10.5. The van der Waals surface area contributed by atoms with Crippen molar-refractivity contribution in [3.8, 4) is 0 Å². The van der Waals surface area contributed by atoms with E-state index in [1.54, 1.807) is 0 Å². The van der Waals surface area contributed by atoms with Gasteiger partial charge < -0.3 is 11.5 Å². The molecule has 0 saturated heterocycles. The second kappa shape index (κ2) is 3.83. The minimum atomic E-state index is 0.156. The van der Waals surface area contributed by atoms with Crippen molar-refractivity contribution in [2.75, 3.05) is 5.73 Å². The molecule has 4 heteroatoms. The number of nitrogens with two attached hydrogens (primary N) is 2. The predicted molar refractivity (Wildman–Crippen MR) is 65.9 cm³/mol. The van der Waals surface area contributed by atoms with Crippen molar-refractivity contribution in [3.05, 3.63) is 26.6 Å². The quantitative estimate of drug-likeness (QED) is 0.822. The normalized spacial score (nSPS) is 18.2. The van der Waals surface area contributed by atoms with Crippen LogP contribution in [0.1, 0.15) is 24.4 Å². The number of anilines is 1. The van der Waals surface area contributed by atoms with Crippen molar-refractivity contribution >= 4 is 37.5 Å². The molecule has 2 rings (SSSR count). The number of halogens is 2. The minimum Gasteiger partial charge on any atom is -0.397 e. The lowest BCUT2D eigenvalue weighted by Gasteiger charge is -2.13. The monoisotopic (exact) mass is 318 g/mol. The van der Waals surface area contributed by atoms with Gasteiger partial charge in [0, 0.05) is 15.0 Å². The molecule has 0 amide bonds. The van der Waals surface area contributed by atoms with Crippen LogP contribution >= 0.6 is 31.9 Å². The van der Waals surface area contributed by atoms with Gasteiger partial charge in [0.25, 0.3) is 0 Å². The van der Waals surface area contributed by atoms with Crippen LogP contribution in [0.5, 0.6) is 0 Å². The van der Waals surface area contributed by atoms with Gasteiger partial charge in [0.15, 0.2) is 0 Å². The highest BCUT2D eigenvalue weighted by Gasteiger charge is 2.29. The Balaban J connectivity index is 2.34. The van der Waals surface area contributed by atoms with E-state index in [-0.39, 0.29) is 6.04 Å². The Bertz CT molecular complexity index is 338. The first-order valence-electron chi connectivity index (χ1n) is 4.59. The van der Waals surface area contributed by atoms with Gasteiger partial charge in [-0.2, -0.15) is 0 Å². The Kier molecular flexibility index (Phi) is 2.86. The van der Waals surface area contributed by atoms with Gasteiger partial charge in [-0.25, -0.2) is 0 Å². The van der Waals surface area contributed by atoms with Gasteiger partial charge in [-0.15, -0.1) is 0 Å². The van der Waals surface area contributed by atoms with Gasteiger partial charge in [-0.3, -0.25) is 0 Å². The van der Waals surface area contributed by atoms with E-state index < -0.39 is 0 Å². The van der Waals surface area contributed by atoms with Crippen molar-refractivity contribution in [1.29, 1.82) is 0 Å². The van der Waals surface area contributed by atoms with Crippen LogP contribution in [-0.2, 0) is 0 Å². The first-order chi connectivity index (χ1) is 6.59. The molecule has 14 heavy (non-hydrogen) atoms. The van der Waals surface area contributed by atoms with E-state index in [0.29, 0.717) is 5.92 Å². The Morgan fingerprint density at radius 3 is 2.14 bits per heavy atom. The molecule has 4 N–H and O–H groups in total. The number of rotatable bonds is 2. The Labute approximate surface area is 100 Å². The molecule has 0 aromatic heterocycles. The maximum Gasteiger partial charge on any atom is 0.0603 e. The van der Waals surface area contributed by atoms with Crippen molar-refractivity contribution in [1.82, 2.24) is 0 Å². The third-order valence-corrected chi connectivity index (χ3v) is 3.93. The van der Waals surface area contributed by atoms with Crippen LogP contribution < -0.4 is 11.5 Å². The van der Waals surface area contributed by atoms with E-state index in [0.717, 1.165) is 20.2 Å². The molecule has 0 unspecified atom stereocenters. The minimum absolute atomic E-state index is 0.156. The van der Waals surface area contributed by atoms with Gasteiger partial charge in [0.05, 0.1) is 5.69 Å². The Morgan fingerprint density at radius 2 is 1.71 bits per heavy atom. The molecule has 0 heterocycles. The van der Waals surface area contributed by atoms with Gasteiger partial charge in [0.1, 0.15) is 0 Å². The van der Waals surface area contributed by atoms with Crippen LogP contribution in [0.3, 0.4) is 0 Å². The molecule has 1 aromatic rings.